The van der Waals surface area contributed by atoms with Gasteiger partial charge in [-0.1, -0.05) is 12.5 Å². The SMILES string of the molecule is OC(c1c(F)cccc1F)C1CCC1. The van der Waals surface area contributed by atoms with Crippen molar-refractivity contribution in [2.75, 3.05) is 0 Å². The molecule has 0 radical (unpaired) electrons. The molecular formula is C11H12F2O. The van der Waals surface area contributed by atoms with Gasteiger partial charge < -0.3 is 5.11 Å². The lowest BCUT2D eigenvalue weighted by Crippen LogP contribution is -2.21. The fraction of sp³-hybridized carbons (Fsp3) is 0.455. The van der Waals surface area contributed by atoms with E-state index in [0.717, 1.165) is 19.3 Å². The van der Waals surface area contributed by atoms with Crippen LogP contribution in [0.3, 0.4) is 0 Å². The van der Waals surface area contributed by atoms with Crippen LogP contribution in [-0.4, -0.2) is 5.11 Å². The zero-order valence-corrected chi connectivity index (χ0v) is 7.71. The monoisotopic (exact) mass is 198 g/mol. The Morgan fingerprint density at radius 2 is 1.79 bits per heavy atom. The summed E-state index contributed by atoms with van der Waals surface area (Å²) in [6.07, 6.45) is 1.77. The Bertz CT molecular complexity index is 314. The Labute approximate surface area is 81.4 Å². The third-order valence-electron chi connectivity index (χ3n) is 2.89. The number of rotatable bonds is 2. The first-order valence-corrected chi connectivity index (χ1v) is 4.82. The van der Waals surface area contributed by atoms with E-state index in [4.69, 9.17) is 0 Å². The molecule has 1 nitrogen and oxygen atoms in total. The Balaban J connectivity index is 2.29. The molecule has 1 N–H and O–H groups in total. The Hall–Kier alpha value is -0.960. The van der Waals surface area contributed by atoms with Crippen LogP contribution in [0.15, 0.2) is 18.2 Å². The van der Waals surface area contributed by atoms with Crippen molar-refractivity contribution in [1.29, 1.82) is 0 Å². The maximum atomic E-state index is 13.2. The van der Waals surface area contributed by atoms with E-state index < -0.39 is 17.7 Å². The van der Waals surface area contributed by atoms with E-state index >= 15 is 0 Å². The Morgan fingerprint density at radius 1 is 1.21 bits per heavy atom. The number of aliphatic hydroxyl groups is 1. The lowest BCUT2D eigenvalue weighted by atomic mass is 9.78. The van der Waals surface area contributed by atoms with Crippen LogP contribution in [0.25, 0.3) is 0 Å². The molecule has 0 amide bonds. The summed E-state index contributed by atoms with van der Waals surface area (Å²) in [5.41, 5.74) is -0.169. The smallest absolute Gasteiger partial charge is 0.131 e. The number of halogens is 2. The normalized spacial score (nSPS) is 19.1. The summed E-state index contributed by atoms with van der Waals surface area (Å²) in [6.45, 7) is 0. The van der Waals surface area contributed by atoms with E-state index in [1.807, 2.05) is 0 Å². The zero-order chi connectivity index (χ0) is 10.1. The largest absolute Gasteiger partial charge is 0.388 e. The molecule has 14 heavy (non-hydrogen) atoms. The summed E-state index contributed by atoms with van der Waals surface area (Å²) in [7, 11) is 0. The standard InChI is InChI=1S/C11H12F2O/c12-8-5-2-6-9(13)10(8)11(14)7-3-1-4-7/h2,5-7,11,14H,1,3-4H2. The molecule has 1 aromatic carbocycles. The average molecular weight is 198 g/mol. The van der Waals surface area contributed by atoms with Crippen molar-refractivity contribution in [3.63, 3.8) is 0 Å². The van der Waals surface area contributed by atoms with Crippen molar-refractivity contribution in [2.45, 2.75) is 25.4 Å². The van der Waals surface area contributed by atoms with Crippen molar-refractivity contribution in [1.82, 2.24) is 0 Å². The van der Waals surface area contributed by atoms with E-state index in [9.17, 15) is 13.9 Å². The molecule has 0 aliphatic heterocycles. The summed E-state index contributed by atoms with van der Waals surface area (Å²) in [6, 6.07) is 3.67. The van der Waals surface area contributed by atoms with E-state index in [0.29, 0.717) is 0 Å². The Kier molecular flexibility index (Phi) is 2.50. The highest BCUT2D eigenvalue weighted by Gasteiger charge is 2.30. The van der Waals surface area contributed by atoms with E-state index in [-0.39, 0.29) is 11.5 Å². The molecule has 0 aromatic heterocycles. The molecule has 2 rings (SSSR count). The lowest BCUT2D eigenvalue weighted by Gasteiger charge is -2.30. The van der Waals surface area contributed by atoms with Crippen LogP contribution in [0.4, 0.5) is 8.78 Å². The third-order valence-corrected chi connectivity index (χ3v) is 2.89. The van der Waals surface area contributed by atoms with Gasteiger partial charge in [0, 0.05) is 0 Å². The van der Waals surface area contributed by atoms with Gasteiger partial charge in [-0.25, -0.2) is 8.78 Å². The fourth-order valence-electron chi connectivity index (χ4n) is 1.78. The molecule has 1 aliphatic rings. The van der Waals surface area contributed by atoms with Crippen molar-refractivity contribution >= 4 is 0 Å². The molecule has 1 aromatic rings. The minimum absolute atomic E-state index is 0.0291. The molecule has 1 unspecified atom stereocenters. The van der Waals surface area contributed by atoms with Gasteiger partial charge in [0.15, 0.2) is 0 Å². The molecule has 0 bridgehead atoms. The fourth-order valence-corrected chi connectivity index (χ4v) is 1.78. The first-order valence-electron chi connectivity index (χ1n) is 4.82. The van der Waals surface area contributed by atoms with Gasteiger partial charge in [-0.05, 0) is 30.9 Å². The maximum Gasteiger partial charge on any atom is 0.131 e. The summed E-state index contributed by atoms with van der Waals surface area (Å²) >= 11 is 0. The molecule has 76 valence electrons. The minimum atomic E-state index is -0.982. The molecule has 1 atom stereocenters. The van der Waals surface area contributed by atoms with Crippen LogP contribution in [0.5, 0.6) is 0 Å². The Morgan fingerprint density at radius 3 is 2.21 bits per heavy atom. The molecule has 1 fully saturated rings. The summed E-state index contributed by atoms with van der Waals surface area (Å²) in [4.78, 5) is 0. The number of aliphatic hydroxyl groups excluding tert-OH is 1. The number of benzene rings is 1. The predicted octanol–water partition coefficient (Wildman–Crippen LogP) is 2.80. The van der Waals surface area contributed by atoms with E-state index in [1.54, 1.807) is 0 Å². The van der Waals surface area contributed by atoms with Crippen LogP contribution < -0.4 is 0 Å². The van der Waals surface area contributed by atoms with E-state index in [1.165, 1.54) is 18.2 Å². The predicted molar refractivity (Wildman–Crippen MR) is 48.7 cm³/mol. The molecular weight excluding hydrogens is 186 g/mol. The molecule has 3 heteroatoms. The summed E-state index contributed by atoms with van der Waals surface area (Å²) in [5, 5.41) is 9.72. The number of hydrogen-bond donors (Lipinski definition) is 1. The van der Waals surface area contributed by atoms with Crippen molar-refractivity contribution in [3.8, 4) is 0 Å². The average Bonchev–Trinajstić information content (AvgIpc) is 2.00. The highest BCUT2D eigenvalue weighted by Crippen LogP contribution is 2.39. The number of hydrogen-bond acceptors (Lipinski definition) is 1. The maximum absolute atomic E-state index is 13.2. The highest BCUT2D eigenvalue weighted by molar-refractivity contribution is 5.23. The molecule has 1 aliphatic carbocycles. The molecule has 0 heterocycles. The summed E-state index contributed by atoms with van der Waals surface area (Å²) < 4.78 is 26.4. The van der Waals surface area contributed by atoms with Crippen molar-refractivity contribution in [3.05, 3.63) is 35.4 Å². The topological polar surface area (TPSA) is 20.2 Å². The van der Waals surface area contributed by atoms with Gasteiger partial charge in [0.1, 0.15) is 11.6 Å². The van der Waals surface area contributed by atoms with Crippen molar-refractivity contribution < 1.29 is 13.9 Å². The summed E-state index contributed by atoms with van der Waals surface area (Å²) in [5.74, 6) is -1.27. The van der Waals surface area contributed by atoms with Gasteiger partial charge in [-0.2, -0.15) is 0 Å². The molecule has 0 saturated heterocycles. The molecule has 0 spiro atoms. The van der Waals surface area contributed by atoms with Gasteiger partial charge in [0.2, 0.25) is 0 Å². The highest BCUT2D eigenvalue weighted by atomic mass is 19.1. The van der Waals surface area contributed by atoms with Gasteiger partial charge in [-0.15, -0.1) is 0 Å². The first-order chi connectivity index (χ1) is 6.70. The van der Waals surface area contributed by atoms with Crippen LogP contribution in [-0.2, 0) is 0 Å². The molecule has 1 saturated carbocycles. The minimum Gasteiger partial charge on any atom is -0.388 e. The van der Waals surface area contributed by atoms with Crippen LogP contribution in [0.2, 0.25) is 0 Å². The second-order valence-corrected chi connectivity index (χ2v) is 3.77. The van der Waals surface area contributed by atoms with Crippen LogP contribution in [0, 0.1) is 17.6 Å². The first kappa shape index (κ1) is 9.59. The van der Waals surface area contributed by atoms with E-state index in [2.05, 4.69) is 0 Å². The third kappa shape index (κ3) is 1.52. The quantitative estimate of drug-likeness (QED) is 0.774. The second kappa shape index (κ2) is 3.65. The zero-order valence-electron chi connectivity index (χ0n) is 7.71. The van der Waals surface area contributed by atoms with Gasteiger partial charge in [0.05, 0.1) is 11.7 Å². The second-order valence-electron chi connectivity index (χ2n) is 3.77. The van der Waals surface area contributed by atoms with Gasteiger partial charge in [0.25, 0.3) is 0 Å². The van der Waals surface area contributed by atoms with Crippen LogP contribution in [0.1, 0.15) is 30.9 Å². The van der Waals surface area contributed by atoms with Gasteiger partial charge in [-0.3, -0.25) is 0 Å². The van der Waals surface area contributed by atoms with Crippen molar-refractivity contribution in [2.24, 2.45) is 5.92 Å². The lowest BCUT2D eigenvalue weighted by molar-refractivity contribution is 0.0561. The van der Waals surface area contributed by atoms with Crippen LogP contribution >= 0.6 is 0 Å². The van der Waals surface area contributed by atoms with Gasteiger partial charge >= 0.3 is 0 Å².